The molecule has 2 heterocycles. The summed E-state index contributed by atoms with van der Waals surface area (Å²) in [5.41, 5.74) is 0.350. The number of anilines is 1. The highest BCUT2D eigenvalue weighted by atomic mass is 32.2. The van der Waals surface area contributed by atoms with E-state index in [9.17, 15) is 22.8 Å². The molecule has 0 bridgehead atoms. The molecule has 0 spiro atoms. The Balaban J connectivity index is 1.71. The fraction of sp³-hybridized carbons (Fsp3) is 0.316. The van der Waals surface area contributed by atoms with Crippen molar-refractivity contribution in [2.75, 3.05) is 25.5 Å². The third kappa shape index (κ3) is 4.86. The van der Waals surface area contributed by atoms with Gasteiger partial charge in [-0.05, 0) is 48.6 Å². The lowest BCUT2D eigenvalue weighted by molar-refractivity contribution is 0.0938. The number of alkyl carbamates (subject to hydrolysis) is 1. The van der Waals surface area contributed by atoms with Crippen LogP contribution >= 0.6 is 11.3 Å². The van der Waals surface area contributed by atoms with Gasteiger partial charge in [0.25, 0.3) is 11.8 Å². The molecule has 1 aromatic heterocycles. The smallest absolute Gasteiger partial charge is 0.413 e. The van der Waals surface area contributed by atoms with E-state index in [1.165, 1.54) is 34.6 Å². The zero-order valence-electron chi connectivity index (χ0n) is 16.2. The molecular weight excluding hydrogens is 430 g/mol. The van der Waals surface area contributed by atoms with Crippen molar-refractivity contribution in [1.29, 1.82) is 0 Å². The van der Waals surface area contributed by atoms with Crippen molar-refractivity contribution in [3.8, 4) is 0 Å². The standard InChI is InChI=1S/C19H21N3O6S2/c1-28-19(25)21-17(24)15-9-12-29-18(15)20-16(23)13-5-7-14(8-6-13)30(26,27)22-10-3-2-4-11-22/h5-9,12H,2-4,10-11H2,1H3,(H,20,23)(H,21,24,25). The fourth-order valence-corrected chi connectivity index (χ4v) is 5.30. The van der Waals surface area contributed by atoms with Gasteiger partial charge in [0.15, 0.2) is 0 Å². The minimum absolute atomic E-state index is 0.114. The van der Waals surface area contributed by atoms with Gasteiger partial charge < -0.3 is 10.1 Å². The Morgan fingerprint density at radius 3 is 2.30 bits per heavy atom. The SMILES string of the molecule is COC(=O)NC(=O)c1ccsc1NC(=O)c1ccc(S(=O)(=O)N2CCCCC2)cc1. The number of hydrogen-bond donors (Lipinski definition) is 2. The van der Waals surface area contributed by atoms with Crippen molar-refractivity contribution < 1.29 is 27.5 Å². The Bertz CT molecular complexity index is 1040. The molecule has 2 N–H and O–H groups in total. The zero-order valence-corrected chi connectivity index (χ0v) is 17.8. The largest absolute Gasteiger partial charge is 0.453 e. The number of hydrogen-bond acceptors (Lipinski definition) is 7. The molecule has 2 aromatic rings. The maximum Gasteiger partial charge on any atom is 0.413 e. The second-order valence-electron chi connectivity index (χ2n) is 6.55. The van der Waals surface area contributed by atoms with Crippen LogP contribution in [0.5, 0.6) is 0 Å². The van der Waals surface area contributed by atoms with Crippen molar-refractivity contribution in [3.05, 3.63) is 46.8 Å². The number of imide groups is 1. The Morgan fingerprint density at radius 2 is 1.67 bits per heavy atom. The Kier molecular flexibility index (Phi) is 6.85. The van der Waals surface area contributed by atoms with Crippen LogP contribution in [0.25, 0.3) is 0 Å². The van der Waals surface area contributed by atoms with E-state index < -0.39 is 27.9 Å². The molecule has 0 atom stereocenters. The van der Waals surface area contributed by atoms with Crippen LogP contribution in [0.1, 0.15) is 40.0 Å². The minimum atomic E-state index is -3.58. The van der Waals surface area contributed by atoms with E-state index in [1.54, 1.807) is 5.38 Å². The lowest BCUT2D eigenvalue weighted by Gasteiger charge is -2.25. The van der Waals surface area contributed by atoms with E-state index in [-0.39, 0.29) is 21.0 Å². The Hall–Kier alpha value is -2.76. The summed E-state index contributed by atoms with van der Waals surface area (Å²) in [6.45, 7) is 0.999. The number of methoxy groups -OCH3 is 1. The number of nitrogens with one attached hydrogen (secondary N) is 2. The van der Waals surface area contributed by atoms with E-state index in [4.69, 9.17) is 0 Å². The summed E-state index contributed by atoms with van der Waals surface area (Å²) in [6, 6.07) is 7.12. The van der Waals surface area contributed by atoms with Gasteiger partial charge in [0, 0.05) is 18.7 Å². The first-order valence-electron chi connectivity index (χ1n) is 9.21. The number of sulfonamides is 1. The lowest BCUT2D eigenvalue weighted by atomic mass is 10.2. The molecule has 0 radical (unpaired) electrons. The molecule has 0 saturated carbocycles. The van der Waals surface area contributed by atoms with Crippen molar-refractivity contribution in [1.82, 2.24) is 9.62 Å². The number of nitrogens with zero attached hydrogens (tertiary/aromatic N) is 1. The quantitative estimate of drug-likeness (QED) is 0.721. The first kappa shape index (κ1) is 21.9. The highest BCUT2D eigenvalue weighted by Crippen LogP contribution is 2.25. The molecule has 1 fully saturated rings. The summed E-state index contributed by atoms with van der Waals surface area (Å²) in [5, 5.41) is 6.48. The number of piperidine rings is 1. The Morgan fingerprint density at radius 1 is 1.00 bits per heavy atom. The monoisotopic (exact) mass is 451 g/mol. The number of thiophene rings is 1. The second kappa shape index (κ2) is 9.37. The average molecular weight is 452 g/mol. The lowest BCUT2D eigenvalue weighted by Crippen LogP contribution is -2.35. The van der Waals surface area contributed by atoms with Crippen LogP contribution in [-0.4, -0.2) is 50.8 Å². The first-order chi connectivity index (χ1) is 14.3. The van der Waals surface area contributed by atoms with E-state index in [2.05, 4.69) is 10.1 Å². The highest BCUT2D eigenvalue weighted by molar-refractivity contribution is 7.89. The number of amides is 3. The van der Waals surface area contributed by atoms with E-state index in [0.29, 0.717) is 13.1 Å². The summed E-state index contributed by atoms with van der Waals surface area (Å²) < 4.78 is 31.3. The molecule has 1 saturated heterocycles. The normalized spacial score (nSPS) is 14.7. The van der Waals surface area contributed by atoms with E-state index in [0.717, 1.165) is 37.7 Å². The van der Waals surface area contributed by atoms with Crippen LogP contribution in [0.4, 0.5) is 9.80 Å². The second-order valence-corrected chi connectivity index (χ2v) is 9.41. The highest BCUT2D eigenvalue weighted by Gasteiger charge is 2.26. The van der Waals surface area contributed by atoms with Crippen molar-refractivity contribution in [3.63, 3.8) is 0 Å². The number of benzene rings is 1. The summed E-state index contributed by atoms with van der Waals surface area (Å²) in [5.74, 6) is -1.21. The van der Waals surface area contributed by atoms with Gasteiger partial charge in [0.1, 0.15) is 5.00 Å². The van der Waals surface area contributed by atoms with Crippen LogP contribution in [0, 0.1) is 0 Å². The van der Waals surface area contributed by atoms with Crippen molar-refractivity contribution in [2.24, 2.45) is 0 Å². The summed E-state index contributed by atoms with van der Waals surface area (Å²) >= 11 is 1.11. The van der Waals surface area contributed by atoms with Gasteiger partial charge in [-0.2, -0.15) is 4.31 Å². The molecule has 11 heteroatoms. The van der Waals surface area contributed by atoms with Gasteiger partial charge >= 0.3 is 6.09 Å². The van der Waals surface area contributed by atoms with E-state index >= 15 is 0 Å². The molecule has 1 aliphatic rings. The number of carbonyl (C=O) groups is 3. The molecule has 3 rings (SSSR count). The predicted molar refractivity (Wildman–Crippen MR) is 111 cm³/mol. The molecule has 1 aromatic carbocycles. The summed E-state index contributed by atoms with van der Waals surface area (Å²) in [4.78, 5) is 36.0. The number of carbonyl (C=O) groups excluding carboxylic acids is 3. The summed E-state index contributed by atoms with van der Waals surface area (Å²) in [6.07, 6.45) is 1.79. The van der Waals surface area contributed by atoms with Crippen LogP contribution in [0.2, 0.25) is 0 Å². The molecule has 30 heavy (non-hydrogen) atoms. The molecule has 0 unspecified atom stereocenters. The first-order valence-corrected chi connectivity index (χ1v) is 11.5. The molecule has 160 valence electrons. The average Bonchev–Trinajstić information content (AvgIpc) is 3.22. The van der Waals surface area contributed by atoms with Gasteiger partial charge in [-0.15, -0.1) is 11.3 Å². The third-order valence-electron chi connectivity index (χ3n) is 4.61. The molecular formula is C19H21N3O6S2. The van der Waals surface area contributed by atoms with Gasteiger partial charge in [-0.1, -0.05) is 6.42 Å². The third-order valence-corrected chi connectivity index (χ3v) is 7.35. The van der Waals surface area contributed by atoms with Crippen LogP contribution in [-0.2, 0) is 14.8 Å². The van der Waals surface area contributed by atoms with Crippen LogP contribution in [0.3, 0.4) is 0 Å². The number of ether oxygens (including phenoxy) is 1. The Labute approximate surface area is 178 Å². The zero-order chi connectivity index (χ0) is 21.7. The van der Waals surface area contributed by atoms with Crippen molar-refractivity contribution >= 4 is 44.3 Å². The van der Waals surface area contributed by atoms with E-state index in [1.807, 2.05) is 5.32 Å². The summed E-state index contributed by atoms with van der Waals surface area (Å²) in [7, 11) is -2.45. The molecule has 3 amide bonds. The van der Waals surface area contributed by atoms with Crippen molar-refractivity contribution in [2.45, 2.75) is 24.2 Å². The number of rotatable bonds is 5. The van der Waals surface area contributed by atoms with Crippen LogP contribution < -0.4 is 10.6 Å². The molecule has 9 nitrogen and oxygen atoms in total. The van der Waals surface area contributed by atoms with Gasteiger partial charge in [-0.25, -0.2) is 13.2 Å². The van der Waals surface area contributed by atoms with Crippen LogP contribution in [0.15, 0.2) is 40.6 Å². The maximum absolute atomic E-state index is 12.7. The topological polar surface area (TPSA) is 122 Å². The minimum Gasteiger partial charge on any atom is -0.453 e. The van der Waals surface area contributed by atoms with Gasteiger partial charge in [0.05, 0.1) is 17.6 Å². The molecule has 0 aliphatic carbocycles. The fourth-order valence-electron chi connectivity index (χ4n) is 3.00. The molecule has 1 aliphatic heterocycles. The predicted octanol–water partition coefficient (Wildman–Crippen LogP) is 2.67. The maximum atomic E-state index is 12.7. The van der Waals surface area contributed by atoms with Gasteiger partial charge in [0.2, 0.25) is 10.0 Å². The van der Waals surface area contributed by atoms with Gasteiger partial charge in [-0.3, -0.25) is 14.9 Å².